The molecule has 1 fully saturated rings. The van der Waals surface area contributed by atoms with E-state index in [1.807, 2.05) is 6.92 Å². The van der Waals surface area contributed by atoms with Crippen LogP contribution in [0.25, 0.3) is 10.2 Å². The highest BCUT2D eigenvalue weighted by atomic mass is 32.1. The van der Waals surface area contributed by atoms with E-state index in [0.717, 1.165) is 42.6 Å². The van der Waals surface area contributed by atoms with E-state index >= 15 is 0 Å². The van der Waals surface area contributed by atoms with Crippen LogP contribution in [0.1, 0.15) is 24.5 Å². The Kier molecular flexibility index (Phi) is 3.41. The van der Waals surface area contributed by atoms with Gasteiger partial charge >= 0.3 is 0 Å². The zero-order valence-electron chi connectivity index (χ0n) is 11.6. The van der Waals surface area contributed by atoms with Gasteiger partial charge in [-0.3, -0.25) is 0 Å². The van der Waals surface area contributed by atoms with Crippen LogP contribution in [0.4, 0.5) is 5.82 Å². The third kappa shape index (κ3) is 2.44. The lowest BCUT2D eigenvalue weighted by Gasteiger charge is -2.32. The molecule has 19 heavy (non-hydrogen) atoms. The zero-order chi connectivity index (χ0) is 13.4. The van der Waals surface area contributed by atoms with Crippen molar-refractivity contribution in [2.45, 2.75) is 33.3 Å². The molecule has 0 aromatic carbocycles. The number of nitrogens with zero attached hydrogens (tertiary/aromatic N) is 3. The summed E-state index contributed by atoms with van der Waals surface area (Å²) in [6.45, 7) is 8.86. The molecule has 0 unspecified atom stereocenters. The Hall–Kier alpha value is -1.20. The third-order valence-corrected chi connectivity index (χ3v) is 4.60. The summed E-state index contributed by atoms with van der Waals surface area (Å²) in [7, 11) is 0. The van der Waals surface area contributed by atoms with Crippen molar-refractivity contribution in [1.82, 2.24) is 9.97 Å². The van der Waals surface area contributed by atoms with Crippen molar-refractivity contribution in [3.63, 3.8) is 0 Å². The van der Waals surface area contributed by atoms with Crippen molar-refractivity contribution in [1.29, 1.82) is 0 Å². The van der Waals surface area contributed by atoms with E-state index in [0.29, 0.717) is 0 Å². The van der Waals surface area contributed by atoms with Gasteiger partial charge in [0, 0.05) is 18.0 Å². The first-order chi connectivity index (χ1) is 9.17. The van der Waals surface area contributed by atoms with Gasteiger partial charge in [-0.1, -0.05) is 6.92 Å². The Morgan fingerprint density at radius 2 is 2.32 bits per heavy atom. The summed E-state index contributed by atoms with van der Waals surface area (Å²) in [5.41, 5.74) is 0. The number of aromatic nitrogens is 2. The van der Waals surface area contributed by atoms with Crippen LogP contribution in [-0.2, 0) is 11.2 Å². The minimum atomic E-state index is 0.267. The summed E-state index contributed by atoms with van der Waals surface area (Å²) >= 11 is 1.78. The molecular weight excluding hydrogens is 258 g/mol. The maximum Gasteiger partial charge on any atom is 0.141 e. The van der Waals surface area contributed by atoms with Crippen LogP contribution in [0.15, 0.2) is 6.07 Å². The molecule has 0 saturated carbocycles. The van der Waals surface area contributed by atoms with Gasteiger partial charge in [0.1, 0.15) is 16.5 Å². The van der Waals surface area contributed by atoms with Crippen molar-refractivity contribution >= 4 is 27.4 Å². The van der Waals surface area contributed by atoms with Crippen LogP contribution in [0.2, 0.25) is 0 Å². The van der Waals surface area contributed by atoms with Crippen molar-refractivity contribution in [3.8, 4) is 0 Å². The van der Waals surface area contributed by atoms with Gasteiger partial charge in [-0.25, -0.2) is 9.97 Å². The van der Waals surface area contributed by atoms with Gasteiger partial charge < -0.3 is 9.64 Å². The van der Waals surface area contributed by atoms with Crippen LogP contribution in [0.5, 0.6) is 0 Å². The SMILES string of the molecule is CCc1cc2c(N3CCO[C@H](C)C3)nc(C)nc2s1. The predicted octanol–water partition coefficient (Wildman–Crippen LogP) is 2.79. The number of rotatable bonds is 2. The van der Waals surface area contributed by atoms with Gasteiger partial charge in [0.05, 0.1) is 18.1 Å². The molecule has 0 bridgehead atoms. The summed E-state index contributed by atoms with van der Waals surface area (Å²) in [6, 6.07) is 2.24. The van der Waals surface area contributed by atoms with E-state index in [9.17, 15) is 0 Å². The number of morpholine rings is 1. The molecule has 1 saturated heterocycles. The molecule has 4 nitrogen and oxygen atoms in total. The summed E-state index contributed by atoms with van der Waals surface area (Å²) in [4.78, 5) is 14.1. The van der Waals surface area contributed by atoms with E-state index < -0.39 is 0 Å². The van der Waals surface area contributed by atoms with E-state index in [2.05, 4.69) is 34.8 Å². The first kappa shape index (κ1) is 12.8. The maximum absolute atomic E-state index is 5.62. The Balaban J connectivity index is 2.08. The van der Waals surface area contributed by atoms with Crippen molar-refractivity contribution in [3.05, 3.63) is 16.8 Å². The topological polar surface area (TPSA) is 38.2 Å². The normalized spacial score (nSPS) is 20.2. The first-order valence-electron chi connectivity index (χ1n) is 6.81. The predicted molar refractivity (Wildman–Crippen MR) is 79.2 cm³/mol. The average molecular weight is 277 g/mol. The molecule has 5 heteroatoms. The number of aryl methyl sites for hydroxylation is 2. The number of hydrogen-bond acceptors (Lipinski definition) is 5. The number of thiophene rings is 1. The largest absolute Gasteiger partial charge is 0.375 e. The standard InChI is InChI=1S/C14H19N3OS/c1-4-11-7-12-13(15-10(3)16-14(12)19-11)17-5-6-18-9(2)8-17/h7,9H,4-6,8H2,1-3H3/t9-/m1/s1. The smallest absolute Gasteiger partial charge is 0.141 e. The van der Waals surface area contributed by atoms with Crippen molar-refractivity contribution < 1.29 is 4.74 Å². The molecule has 1 aliphatic rings. The fraction of sp³-hybridized carbons (Fsp3) is 0.571. The van der Waals surface area contributed by atoms with Crippen LogP contribution < -0.4 is 4.90 Å². The lowest BCUT2D eigenvalue weighted by Crippen LogP contribution is -2.41. The minimum absolute atomic E-state index is 0.267. The molecule has 3 rings (SSSR count). The lowest BCUT2D eigenvalue weighted by atomic mass is 10.2. The summed E-state index contributed by atoms with van der Waals surface area (Å²) in [6.07, 6.45) is 1.32. The number of fused-ring (bicyclic) bond motifs is 1. The molecule has 0 N–H and O–H groups in total. The van der Waals surface area contributed by atoms with E-state index in [1.165, 1.54) is 10.3 Å². The molecule has 0 aliphatic carbocycles. The van der Waals surface area contributed by atoms with Gasteiger partial charge in [0.2, 0.25) is 0 Å². The van der Waals surface area contributed by atoms with Crippen molar-refractivity contribution in [2.75, 3.05) is 24.6 Å². The van der Waals surface area contributed by atoms with Crippen LogP contribution in [0, 0.1) is 6.92 Å². The molecule has 1 aliphatic heterocycles. The third-order valence-electron chi connectivity index (χ3n) is 3.42. The van der Waals surface area contributed by atoms with Crippen LogP contribution >= 0.6 is 11.3 Å². The highest BCUT2D eigenvalue weighted by molar-refractivity contribution is 7.18. The minimum Gasteiger partial charge on any atom is -0.375 e. The molecule has 2 aromatic rings. The number of anilines is 1. The lowest BCUT2D eigenvalue weighted by molar-refractivity contribution is 0.0530. The second-order valence-corrected chi connectivity index (χ2v) is 6.12. The van der Waals surface area contributed by atoms with Gasteiger partial charge in [-0.15, -0.1) is 11.3 Å². The molecule has 2 aromatic heterocycles. The highest BCUT2D eigenvalue weighted by Gasteiger charge is 2.21. The Bertz CT molecular complexity index is 596. The number of hydrogen-bond donors (Lipinski definition) is 0. The van der Waals surface area contributed by atoms with Gasteiger partial charge in [0.15, 0.2) is 0 Å². The highest BCUT2D eigenvalue weighted by Crippen LogP contribution is 2.32. The molecule has 0 radical (unpaired) electrons. The summed E-state index contributed by atoms with van der Waals surface area (Å²) in [5.74, 6) is 1.93. The maximum atomic E-state index is 5.62. The Morgan fingerprint density at radius 1 is 1.47 bits per heavy atom. The first-order valence-corrected chi connectivity index (χ1v) is 7.62. The van der Waals surface area contributed by atoms with Crippen LogP contribution in [-0.4, -0.2) is 35.8 Å². The fourth-order valence-electron chi connectivity index (χ4n) is 2.49. The molecule has 102 valence electrons. The van der Waals surface area contributed by atoms with E-state index in [1.54, 1.807) is 11.3 Å². The quantitative estimate of drug-likeness (QED) is 0.846. The van der Waals surface area contributed by atoms with Gasteiger partial charge in [0.25, 0.3) is 0 Å². The summed E-state index contributed by atoms with van der Waals surface area (Å²) < 4.78 is 5.62. The Morgan fingerprint density at radius 3 is 3.05 bits per heavy atom. The zero-order valence-corrected chi connectivity index (χ0v) is 12.5. The van der Waals surface area contributed by atoms with E-state index in [-0.39, 0.29) is 6.10 Å². The van der Waals surface area contributed by atoms with Gasteiger partial charge in [-0.2, -0.15) is 0 Å². The second kappa shape index (κ2) is 5.06. The fourth-order valence-corrected chi connectivity index (χ4v) is 3.49. The molecular formula is C14H19N3OS. The molecule has 0 spiro atoms. The Labute approximate surface area is 117 Å². The molecule has 3 heterocycles. The average Bonchev–Trinajstić information content (AvgIpc) is 2.80. The molecule has 1 atom stereocenters. The molecule has 0 amide bonds. The summed E-state index contributed by atoms with van der Waals surface area (Å²) in [5, 5.41) is 1.20. The van der Waals surface area contributed by atoms with Crippen LogP contribution in [0.3, 0.4) is 0 Å². The van der Waals surface area contributed by atoms with Gasteiger partial charge in [-0.05, 0) is 26.3 Å². The second-order valence-electron chi connectivity index (χ2n) is 5.01. The van der Waals surface area contributed by atoms with Crippen molar-refractivity contribution in [2.24, 2.45) is 0 Å². The van der Waals surface area contributed by atoms with E-state index in [4.69, 9.17) is 4.74 Å². The monoisotopic (exact) mass is 277 g/mol. The number of ether oxygens (including phenoxy) is 1.